The van der Waals surface area contributed by atoms with Crippen molar-refractivity contribution in [2.75, 3.05) is 12.4 Å². The third-order valence-corrected chi connectivity index (χ3v) is 3.40. The van der Waals surface area contributed by atoms with E-state index in [2.05, 4.69) is 26.1 Å². The van der Waals surface area contributed by atoms with Crippen LogP contribution >= 0.6 is 0 Å². The zero-order valence-corrected chi connectivity index (χ0v) is 13.2. The Morgan fingerprint density at radius 3 is 2.36 bits per heavy atom. The molecule has 2 rings (SSSR count). The van der Waals surface area contributed by atoms with Crippen molar-refractivity contribution in [2.45, 2.75) is 26.2 Å². The topological polar surface area (TPSA) is 64.4 Å². The molecule has 2 aromatic carbocycles. The van der Waals surface area contributed by atoms with Crippen molar-refractivity contribution in [1.29, 1.82) is 0 Å². The summed E-state index contributed by atoms with van der Waals surface area (Å²) in [5, 5.41) is 14.4. The number of nitrogens with one attached hydrogen (secondary N) is 1. The Morgan fingerprint density at radius 2 is 1.77 bits per heavy atom. The van der Waals surface area contributed by atoms with Gasteiger partial charge in [-0.15, -0.1) is 0 Å². The third kappa shape index (κ3) is 3.36. The summed E-state index contributed by atoms with van der Waals surface area (Å²) in [6.45, 7) is 6.31. The van der Waals surface area contributed by atoms with Crippen molar-refractivity contribution in [1.82, 2.24) is 0 Å². The van der Waals surface area contributed by atoms with Crippen LogP contribution in [0.25, 0.3) is 0 Å². The quantitative estimate of drug-likeness (QED) is 0.659. The van der Waals surface area contributed by atoms with Gasteiger partial charge in [-0.2, -0.15) is 0 Å². The second-order valence-corrected chi connectivity index (χ2v) is 6.06. The second kappa shape index (κ2) is 6.05. The minimum atomic E-state index is -0.401. The van der Waals surface area contributed by atoms with Crippen LogP contribution in [0.5, 0.6) is 5.75 Å². The molecule has 0 aromatic heterocycles. The first kappa shape index (κ1) is 15.8. The van der Waals surface area contributed by atoms with Crippen LogP contribution in [0.4, 0.5) is 17.1 Å². The van der Waals surface area contributed by atoms with E-state index in [4.69, 9.17) is 4.74 Å². The van der Waals surface area contributed by atoms with E-state index in [1.807, 2.05) is 24.3 Å². The SMILES string of the molecule is COc1ccc([N+](=O)[O-])c(Nc2ccccc2C(C)(C)C)c1. The van der Waals surface area contributed by atoms with Gasteiger partial charge >= 0.3 is 0 Å². The number of benzene rings is 2. The van der Waals surface area contributed by atoms with E-state index in [9.17, 15) is 10.1 Å². The maximum atomic E-state index is 11.2. The Balaban J connectivity index is 2.49. The van der Waals surface area contributed by atoms with Crippen LogP contribution in [0.1, 0.15) is 26.3 Å². The Labute approximate surface area is 130 Å². The molecule has 5 nitrogen and oxygen atoms in total. The molecule has 0 radical (unpaired) electrons. The Hall–Kier alpha value is -2.56. The third-order valence-electron chi connectivity index (χ3n) is 3.40. The predicted octanol–water partition coefficient (Wildman–Crippen LogP) is 4.64. The van der Waals surface area contributed by atoms with Gasteiger partial charge in [0, 0.05) is 17.8 Å². The van der Waals surface area contributed by atoms with E-state index in [0.717, 1.165) is 11.3 Å². The number of anilines is 2. The predicted molar refractivity (Wildman–Crippen MR) is 88.1 cm³/mol. The maximum absolute atomic E-state index is 11.2. The summed E-state index contributed by atoms with van der Waals surface area (Å²) in [6.07, 6.45) is 0. The second-order valence-electron chi connectivity index (χ2n) is 6.06. The summed E-state index contributed by atoms with van der Waals surface area (Å²) < 4.78 is 5.16. The molecule has 1 N–H and O–H groups in total. The van der Waals surface area contributed by atoms with Gasteiger partial charge in [-0.05, 0) is 23.1 Å². The summed E-state index contributed by atoms with van der Waals surface area (Å²) >= 11 is 0. The number of nitrogens with zero attached hydrogens (tertiary/aromatic N) is 1. The van der Waals surface area contributed by atoms with Crippen molar-refractivity contribution in [3.05, 3.63) is 58.1 Å². The molecule has 0 aliphatic rings. The molecule has 0 aliphatic carbocycles. The smallest absolute Gasteiger partial charge is 0.292 e. The van der Waals surface area contributed by atoms with Crippen molar-refractivity contribution in [3.63, 3.8) is 0 Å². The molecule has 5 heteroatoms. The first-order chi connectivity index (χ1) is 10.3. The highest BCUT2D eigenvalue weighted by molar-refractivity contribution is 5.73. The van der Waals surface area contributed by atoms with Crippen LogP contribution in [0.3, 0.4) is 0 Å². The van der Waals surface area contributed by atoms with Crippen LogP contribution in [-0.2, 0) is 5.41 Å². The Bertz CT molecular complexity index is 691. The molecule has 0 aliphatic heterocycles. The molecule has 2 aromatic rings. The summed E-state index contributed by atoms with van der Waals surface area (Å²) in [5.74, 6) is 0.571. The normalized spacial score (nSPS) is 11.1. The molecule has 116 valence electrons. The standard InChI is InChI=1S/C17H20N2O3/c1-17(2,3)13-7-5-6-8-14(13)18-15-11-12(22-4)9-10-16(15)19(20)21/h5-11,18H,1-4H3. The van der Waals surface area contributed by atoms with E-state index >= 15 is 0 Å². The monoisotopic (exact) mass is 300 g/mol. The van der Waals surface area contributed by atoms with E-state index in [1.54, 1.807) is 12.1 Å². The van der Waals surface area contributed by atoms with E-state index < -0.39 is 4.92 Å². The van der Waals surface area contributed by atoms with Gasteiger partial charge in [0.2, 0.25) is 0 Å². The van der Waals surface area contributed by atoms with E-state index in [1.165, 1.54) is 13.2 Å². The lowest BCUT2D eigenvalue weighted by atomic mass is 9.86. The molecule has 0 saturated heterocycles. The van der Waals surface area contributed by atoms with Crippen molar-refractivity contribution in [2.24, 2.45) is 0 Å². The number of nitro groups is 1. The van der Waals surface area contributed by atoms with Crippen LogP contribution in [0.2, 0.25) is 0 Å². The molecule has 0 amide bonds. The highest BCUT2D eigenvalue weighted by atomic mass is 16.6. The number of rotatable bonds is 4. The molecule has 0 unspecified atom stereocenters. The van der Waals surface area contributed by atoms with E-state index in [0.29, 0.717) is 11.4 Å². The summed E-state index contributed by atoms with van der Waals surface area (Å²) in [7, 11) is 1.54. The van der Waals surface area contributed by atoms with Gasteiger partial charge in [-0.1, -0.05) is 39.0 Å². The van der Waals surface area contributed by atoms with Gasteiger partial charge in [0.1, 0.15) is 11.4 Å². The lowest BCUT2D eigenvalue weighted by molar-refractivity contribution is -0.383. The van der Waals surface area contributed by atoms with Gasteiger partial charge < -0.3 is 10.1 Å². The summed E-state index contributed by atoms with van der Waals surface area (Å²) in [5.41, 5.74) is 2.31. The number of hydrogen-bond donors (Lipinski definition) is 1. The number of hydrogen-bond acceptors (Lipinski definition) is 4. The van der Waals surface area contributed by atoms with Crippen LogP contribution in [-0.4, -0.2) is 12.0 Å². The molecule has 0 atom stereocenters. The van der Waals surface area contributed by atoms with Gasteiger partial charge in [-0.25, -0.2) is 0 Å². The molecule has 0 saturated carbocycles. The Kier molecular flexibility index (Phi) is 4.35. The number of methoxy groups -OCH3 is 1. The summed E-state index contributed by atoms with van der Waals surface area (Å²) in [6, 6.07) is 12.5. The molecular weight excluding hydrogens is 280 g/mol. The first-order valence-electron chi connectivity index (χ1n) is 7.02. The molecule has 0 fully saturated rings. The fourth-order valence-electron chi connectivity index (χ4n) is 2.29. The van der Waals surface area contributed by atoms with Crippen molar-refractivity contribution < 1.29 is 9.66 Å². The minimum absolute atomic E-state index is 0.0181. The average molecular weight is 300 g/mol. The largest absolute Gasteiger partial charge is 0.497 e. The number of nitro benzene ring substituents is 1. The fraction of sp³-hybridized carbons (Fsp3) is 0.294. The van der Waals surface area contributed by atoms with Gasteiger partial charge in [0.25, 0.3) is 5.69 Å². The fourth-order valence-corrected chi connectivity index (χ4v) is 2.29. The lowest BCUT2D eigenvalue weighted by Gasteiger charge is -2.23. The molecule has 0 heterocycles. The highest BCUT2D eigenvalue weighted by Gasteiger charge is 2.20. The lowest BCUT2D eigenvalue weighted by Crippen LogP contribution is -2.13. The molecular formula is C17H20N2O3. The Morgan fingerprint density at radius 1 is 1.09 bits per heavy atom. The van der Waals surface area contributed by atoms with Gasteiger partial charge in [-0.3, -0.25) is 10.1 Å². The van der Waals surface area contributed by atoms with Crippen molar-refractivity contribution in [3.8, 4) is 5.75 Å². The highest BCUT2D eigenvalue weighted by Crippen LogP contribution is 2.35. The zero-order chi connectivity index (χ0) is 16.3. The maximum Gasteiger partial charge on any atom is 0.292 e. The van der Waals surface area contributed by atoms with Gasteiger partial charge in [0.05, 0.1) is 12.0 Å². The molecule has 0 bridgehead atoms. The van der Waals surface area contributed by atoms with Crippen molar-refractivity contribution >= 4 is 17.1 Å². The summed E-state index contributed by atoms with van der Waals surface area (Å²) in [4.78, 5) is 10.8. The number of para-hydroxylation sites is 1. The first-order valence-corrected chi connectivity index (χ1v) is 7.02. The zero-order valence-electron chi connectivity index (χ0n) is 13.2. The average Bonchev–Trinajstić information content (AvgIpc) is 2.46. The van der Waals surface area contributed by atoms with Crippen LogP contribution < -0.4 is 10.1 Å². The van der Waals surface area contributed by atoms with Crippen LogP contribution in [0.15, 0.2) is 42.5 Å². The molecule has 0 spiro atoms. The number of ether oxygens (including phenoxy) is 1. The van der Waals surface area contributed by atoms with Crippen LogP contribution in [0, 0.1) is 10.1 Å². The molecule has 22 heavy (non-hydrogen) atoms. The van der Waals surface area contributed by atoms with E-state index in [-0.39, 0.29) is 11.1 Å². The van der Waals surface area contributed by atoms with Gasteiger partial charge in [0.15, 0.2) is 0 Å². The minimum Gasteiger partial charge on any atom is -0.497 e.